The highest BCUT2D eigenvalue weighted by Gasteiger charge is 2.32. The highest BCUT2D eigenvalue weighted by Crippen LogP contribution is 2.36. The first-order valence-electron chi connectivity index (χ1n) is 4.78. The molecule has 1 aromatic heterocycles. The van der Waals surface area contributed by atoms with E-state index in [1.807, 2.05) is 0 Å². The Morgan fingerprint density at radius 2 is 2.00 bits per heavy atom. The maximum atomic E-state index is 12.7. The molecule has 0 bridgehead atoms. The second kappa shape index (κ2) is 5.07. The van der Waals surface area contributed by atoms with Crippen molar-refractivity contribution in [2.75, 3.05) is 0 Å². The Hall–Kier alpha value is -1.40. The van der Waals surface area contributed by atoms with Crippen LogP contribution in [0.25, 0.3) is 0 Å². The lowest BCUT2D eigenvalue weighted by Crippen LogP contribution is -2.04. The van der Waals surface area contributed by atoms with E-state index >= 15 is 0 Å². The zero-order chi connectivity index (χ0) is 13.2. The molecule has 2 nitrogen and oxygen atoms in total. The summed E-state index contributed by atoms with van der Waals surface area (Å²) in [7, 11) is 0. The molecule has 0 spiro atoms. The van der Waals surface area contributed by atoms with E-state index in [1.54, 1.807) is 0 Å². The van der Waals surface area contributed by atoms with Crippen molar-refractivity contribution in [2.24, 2.45) is 4.99 Å². The van der Waals surface area contributed by atoms with E-state index in [9.17, 15) is 13.2 Å². The molecule has 0 aliphatic carbocycles. The van der Waals surface area contributed by atoms with Gasteiger partial charge in [-0.05, 0) is 12.1 Å². The van der Waals surface area contributed by atoms with Crippen LogP contribution < -0.4 is 0 Å². The van der Waals surface area contributed by atoms with Crippen LogP contribution in [0.3, 0.4) is 0 Å². The average molecular weight is 291 g/mol. The third-order valence-corrected chi connectivity index (χ3v) is 3.09. The third kappa shape index (κ3) is 3.08. The van der Waals surface area contributed by atoms with E-state index in [2.05, 4.69) is 9.98 Å². The van der Waals surface area contributed by atoms with Crippen molar-refractivity contribution in [2.45, 2.75) is 6.18 Å². The zero-order valence-electron chi connectivity index (χ0n) is 8.78. The number of thiazole rings is 1. The second-order valence-electron chi connectivity index (χ2n) is 3.29. The van der Waals surface area contributed by atoms with Crippen molar-refractivity contribution in [3.8, 4) is 0 Å². The first-order valence-corrected chi connectivity index (χ1v) is 5.98. The number of rotatable bonds is 2. The molecule has 0 fully saturated rings. The summed E-state index contributed by atoms with van der Waals surface area (Å²) in [5.74, 6) is 0. The van der Waals surface area contributed by atoms with Crippen LogP contribution in [0.4, 0.5) is 18.9 Å². The fourth-order valence-corrected chi connectivity index (χ4v) is 2.11. The monoisotopic (exact) mass is 290 g/mol. The first kappa shape index (κ1) is 13.0. The Bertz CT molecular complexity index is 578. The normalized spacial score (nSPS) is 12.2. The van der Waals surface area contributed by atoms with Crippen LogP contribution in [0.15, 0.2) is 35.5 Å². The number of para-hydroxylation sites is 1. The van der Waals surface area contributed by atoms with Crippen molar-refractivity contribution < 1.29 is 13.2 Å². The quantitative estimate of drug-likeness (QED) is 0.744. The SMILES string of the molecule is FC(F)(F)c1ccccc1/N=C/c1cnc(Cl)s1. The number of alkyl halides is 3. The molecule has 0 amide bonds. The minimum absolute atomic E-state index is 0.130. The smallest absolute Gasteiger partial charge is 0.255 e. The van der Waals surface area contributed by atoms with Crippen LogP contribution >= 0.6 is 22.9 Å². The molecular weight excluding hydrogens is 285 g/mol. The molecule has 1 aromatic carbocycles. The number of nitrogens with zero attached hydrogens (tertiary/aromatic N) is 2. The fourth-order valence-electron chi connectivity index (χ4n) is 1.28. The fraction of sp³-hybridized carbons (Fsp3) is 0.0909. The van der Waals surface area contributed by atoms with Crippen LogP contribution in [0, 0.1) is 0 Å². The van der Waals surface area contributed by atoms with Gasteiger partial charge in [-0.25, -0.2) is 4.98 Å². The van der Waals surface area contributed by atoms with Crippen LogP contribution in [0.2, 0.25) is 4.47 Å². The number of hydrogen-bond acceptors (Lipinski definition) is 3. The molecule has 0 radical (unpaired) electrons. The van der Waals surface area contributed by atoms with Gasteiger partial charge in [0.15, 0.2) is 4.47 Å². The summed E-state index contributed by atoms with van der Waals surface area (Å²) in [6.07, 6.45) is -1.65. The largest absolute Gasteiger partial charge is 0.418 e. The molecule has 0 saturated heterocycles. The molecule has 18 heavy (non-hydrogen) atoms. The maximum Gasteiger partial charge on any atom is 0.418 e. The van der Waals surface area contributed by atoms with Crippen LogP contribution in [-0.2, 0) is 6.18 Å². The number of halogens is 4. The van der Waals surface area contributed by atoms with Crippen LogP contribution in [0.5, 0.6) is 0 Å². The molecule has 2 rings (SSSR count). The predicted molar refractivity (Wildman–Crippen MR) is 65.8 cm³/mol. The van der Waals surface area contributed by atoms with Crippen LogP contribution in [0.1, 0.15) is 10.4 Å². The number of benzene rings is 1. The van der Waals surface area contributed by atoms with E-state index in [0.717, 1.165) is 17.4 Å². The summed E-state index contributed by atoms with van der Waals surface area (Å²) in [5, 5.41) is 0. The van der Waals surface area contributed by atoms with Crippen molar-refractivity contribution >= 4 is 34.8 Å². The minimum Gasteiger partial charge on any atom is -0.255 e. The Labute approximate surface area is 110 Å². The van der Waals surface area contributed by atoms with Gasteiger partial charge in [0.25, 0.3) is 0 Å². The predicted octanol–water partition coefficient (Wildman–Crippen LogP) is 4.57. The zero-order valence-corrected chi connectivity index (χ0v) is 10.4. The Morgan fingerprint density at radius 1 is 1.28 bits per heavy atom. The number of aromatic nitrogens is 1. The Balaban J connectivity index is 2.32. The number of aliphatic imine (C=N–C) groups is 1. The Kier molecular flexibility index (Phi) is 3.68. The summed E-state index contributed by atoms with van der Waals surface area (Å²) in [6.45, 7) is 0. The highest BCUT2D eigenvalue weighted by atomic mass is 35.5. The molecule has 1 heterocycles. The lowest BCUT2D eigenvalue weighted by molar-refractivity contribution is -0.137. The summed E-state index contributed by atoms with van der Waals surface area (Å²) in [6, 6.07) is 5.13. The van der Waals surface area contributed by atoms with E-state index < -0.39 is 11.7 Å². The highest BCUT2D eigenvalue weighted by molar-refractivity contribution is 7.17. The van der Waals surface area contributed by atoms with Gasteiger partial charge in [0.2, 0.25) is 0 Å². The molecule has 0 aliphatic rings. The molecule has 0 N–H and O–H groups in total. The van der Waals surface area contributed by atoms with Gasteiger partial charge in [-0.3, -0.25) is 4.99 Å². The molecule has 0 atom stereocenters. The first-order chi connectivity index (χ1) is 8.47. The van der Waals surface area contributed by atoms with Gasteiger partial charge in [-0.15, -0.1) is 11.3 Å². The van der Waals surface area contributed by atoms with E-state index in [0.29, 0.717) is 9.34 Å². The van der Waals surface area contributed by atoms with Gasteiger partial charge in [0.05, 0.1) is 16.1 Å². The van der Waals surface area contributed by atoms with Gasteiger partial charge < -0.3 is 0 Å². The van der Waals surface area contributed by atoms with Gasteiger partial charge in [-0.2, -0.15) is 13.2 Å². The average Bonchev–Trinajstić information content (AvgIpc) is 2.72. The molecular formula is C11H6ClF3N2S. The third-order valence-electron chi connectivity index (χ3n) is 2.04. The van der Waals surface area contributed by atoms with Gasteiger partial charge in [-0.1, -0.05) is 23.7 Å². The molecule has 0 aliphatic heterocycles. The molecule has 0 unspecified atom stereocenters. The van der Waals surface area contributed by atoms with Crippen molar-refractivity contribution in [1.82, 2.24) is 4.98 Å². The Morgan fingerprint density at radius 3 is 2.61 bits per heavy atom. The summed E-state index contributed by atoms with van der Waals surface area (Å²) < 4.78 is 38.3. The maximum absolute atomic E-state index is 12.7. The minimum atomic E-state index is -4.42. The standard InChI is InChI=1S/C11H6ClF3N2S/c12-10-17-6-7(18-10)5-16-9-4-2-1-3-8(9)11(13,14)15/h1-6H/b16-5+. The molecule has 0 saturated carbocycles. The van der Waals surface area contributed by atoms with Gasteiger partial charge >= 0.3 is 6.18 Å². The van der Waals surface area contributed by atoms with Crippen LogP contribution in [-0.4, -0.2) is 11.2 Å². The molecule has 94 valence electrons. The van der Waals surface area contributed by atoms with E-state index in [1.165, 1.54) is 30.6 Å². The topological polar surface area (TPSA) is 25.2 Å². The molecule has 7 heteroatoms. The molecule has 2 aromatic rings. The summed E-state index contributed by atoms with van der Waals surface area (Å²) in [5.41, 5.74) is -0.897. The van der Waals surface area contributed by atoms with Crippen molar-refractivity contribution in [3.63, 3.8) is 0 Å². The van der Waals surface area contributed by atoms with Crippen molar-refractivity contribution in [3.05, 3.63) is 45.4 Å². The number of hydrogen-bond donors (Lipinski definition) is 0. The van der Waals surface area contributed by atoms with E-state index in [-0.39, 0.29) is 5.69 Å². The lowest BCUT2D eigenvalue weighted by atomic mass is 10.2. The lowest BCUT2D eigenvalue weighted by Gasteiger charge is -2.08. The van der Waals surface area contributed by atoms with Gasteiger partial charge in [0.1, 0.15) is 0 Å². The van der Waals surface area contributed by atoms with E-state index in [4.69, 9.17) is 11.6 Å². The summed E-state index contributed by atoms with van der Waals surface area (Å²) >= 11 is 6.76. The second-order valence-corrected chi connectivity index (χ2v) is 4.93. The van der Waals surface area contributed by atoms with Crippen molar-refractivity contribution in [1.29, 1.82) is 0 Å². The van der Waals surface area contributed by atoms with Gasteiger partial charge in [0, 0.05) is 12.4 Å². The summed E-state index contributed by atoms with van der Waals surface area (Å²) in [4.78, 5) is 8.19.